The third-order valence-corrected chi connectivity index (χ3v) is 5.70. The van der Waals surface area contributed by atoms with E-state index in [0.717, 1.165) is 10.4 Å². The van der Waals surface area contributed by atoms with Gasteiger partial charge in [0.1, 0.15) is 0 Å². The zero-order valence-corrected chi connectivity index (χ0v) is 13.5. The van der Waals surface area contributed by atoms with Crippen molar-refractivity contribution in [2.45, 2.75) is 18.4 Å². The molecule has 0 N–H and O–H groups in total. The molecule has 0 saturated heterocycles. The van der Waals surface area contributed by atoms with Crippen LogP contribution in [-0.4, -0.2) is 19.3 Å². The smallest absolute Gasteiger partial charge is 0.207 e. The van der Waals surface area contributed by atoms with Crippen molar-refractivity contribution in [3.8, 4) is 0 Å². The third-order valence-electron chi connectivity index (χ3n) is 3.01. The molecule has 1 heterocycles. The average Bonchev–Trinajstić information content (AvgIpc) is 2.96. The first-order valence-corrected chi connectivity index (χ1v) is 8.79. The van der Waals surface area contributed by atoms with Gasteiger partial charge in [-0.1, -0.05) is 30.3 Å². The van der Waals surface area contributed by atoms with Crippen molar-refractivity contribution in [1.29, 1.82) is 0 Å². The Morgan fingerprint density at radius 1 is 1.29 bits per heavy atom. The van der Waals surface area contributed by atoms with Crippen molar-refractivity contribution < 1.29 is 8.42 Å². The Morgan fingerprint density at radius 2 is 2.00 bits per heavy atom. The molecule has 0 amide bonds. The highest BCUT2D eigenvalue weighted by molar-refractivity contribution is 7.89. The number of rotatable bonds is 6. The lowest BCUT2D eigenvalue weighted by Gasteiger charge is -2.20. The van der Waals surface area contributed by atoms with Crippen molar-refractivity contribution in [2.75, 3.05) is 6.54 Å². The second-order valence-corrected chi connectivity index (χ2v) is 7.57. The maximum atomic E-state index is 12.7. The Morgan fingerprint density at radius 3 is 2.57 bits per heavy atom. The van der Waals surface area contributed by atoms with Gasteiger partial charge in [0, 0.05) is 18.0 Å². The molecule has 2 rings (SSSR count). The van der Waals surface area contributed by atoms with Crippen LogP contribution in [0.1, 0.15) is 10.4 Å². The summed E-state index contributed by atoms with van der Waals surface area (Å²) in [5.74, 6) is 0. The zero-order valence-electron chi connectivity index (χ0n) is 11.8. The summed E-state index contributed by atoms with van der Waals surface area (Å²) in [5.41, 5.74) is 3.66. The summed E-state index contributed by atoms with van der Waals surface area (Å²) in [5, 5.41) is 1.94. The molecule has 0 fully saturated rings. The molecule has 2 aromatic rings. The summed E-state index contributed by atoms with van der Waals surface area (Å²) in [6.45, 7) is 6.04. The highest BCUT2D eigenvalue weighted by Crippen LogP contribution is 2.20. The predicted molar refractivity (Wildman–Crippen MR) is 86.8 cm³/mol. The molecular formula is C16H17NO2S2. The Labute approximate surface area is 129 Å². The minimum Gasteiger partial charge on any atom is -0.207 e. The molecule has 1 aromatic carbocycles. The number of thiophene rings is 1. The van der Waals surface area contributed by atoms with E-state index in [1.54, 1.807) is 41.7 Å². The minimum atomic E-state index is -3.53. The van der Waals surface area contributed by atoms with Crippen molar-refractivity contribution >= 4 is 21.4 Å². The molecule has 0 aliphatic carbocycles. The van der Waals surface area contributed by atoms with E-state index < -0.39 is 10.0 Å². The van der Waals surface area contributed by atoms with Gasteiger partial charge in [-0.15, -0.1) is 17.1 Å². The topological polar surface area (TPSA) is 37.4 Å². The van der Waals surface area contributed by atoms with Gasteiger partial charge in [0.05, 0.1) is 4.90 Å². The highest BCUT2D eigenvalue weighted by Gasteiger charge is 2.23. The first kappa shape index (κ1) is 15.7. The van der Waals surface area contributed by atoms with Crippen LogP contribution in [0.3, 0.4) is 0 Å². The molecule has 0 unspecified atom stereocenters. The molecule has 5 heteroatoms. The molecule has 1 aromatic heterocycles. The zero-order chi connectivity index (χ0) is 15.3. The highest BCUT2D eigenvalue weighted by atomic mass is 32.2. The Kier molecular flexibility index (Phi) is 5.15. The SMILES string of the molecule is C=C=CCN(Cc1cccs1)S(=O)(=O)c1ccc(C)cc1. The van der Waals surface area contributed by atoms with Gasteiger partial charge >= 0.3 is 0 Å². The van der Waals surface area contributed by atoms with Gasteiger partial charge in [-0.2, -0.15) is 4.31 Å². The van der Waals surface area contributed by atoms with Gasteiger partial charge in [-0.05, 0) is 36.6 Å². The normalized spacial score (nSPS) is 11.3. The average molecular weight is 319 g/mol. The Hall–Kier alpha value is -1.65. The molecule has 110 valence electrons. The predicted octanol–water partition coefficient (Wildman–Crippen LogP) is 3.59. The number of hydrogen-bond donors (Lipinski definition) is 0. The van der Waals surface area contributed by atoms with E-state index in [1.807, 2.05) is 24.4 Å². The van der Waals surface area contributed by atoms with Gasteiger partial charge in [0.2, 0.25) is 10.0 Å². The molecular weight excluding hydrogens is 302 g/mol. The van der Waals surface area contributed by atoms with Gasteiger partial charge in [0.15, 0.2) is 0 Å². The van der Waals surface area contributed by atoms with Crippen molar-refractivity contribution in [3.63, 3.8) is 0 Å². The van der Waals surface area contributed by atoms with Crippen molar-refractivity contribution in [1.82, 2.24) is 4.31 Å². The lowest BCUT2D eigenvalue weighted by atomic mass is 10.2. The fourth-order valence-electron chi connectivity index (χ4n) is 1.85. The summed E-state index contributed by atoms with van der Waals surface area (Å²) >= 11 is 1.54. The van der Waals surface area contributed by atoms with Gasteiger partial charge in [-0.25, -0.2) is 8.42 Å². The minimum absolute atomic E-state index is 0.262. The number of benzene rings is 1. The van der Waals surface area contributed by atoms with Crippen LogP contribution in [0.25, 0.3) is 0 Å². The van der Waals surface area contributed by atoms with E-state index in [1.165, 1.54) is 4.31 Å². The molecule has 0 radical (unpaired) electrons. The summed E-state index contributed by atoms with van der Waals surface area (Å²) in [4.78, 5) is 1.31. The van der Waals surface area contributed by atoms with Gasteiger partial charge in [0.25, 0.3) is 0 Å². The Balaban J connectivity index is 2.33. The van der Waals surface area contributed by atoms with Crippen LogP contribution in [0.15, 0.2) is 65.1 Å². The maximum absolute atomic E-state index is 12.7. The summed E-state index contributed by atoms with van der Waals surface area (Å²) < 4.78 is 26.9. The van der Waals surface area contributed by atoms with Crippen LogP contribution < -0.4 is 0 Å². The number of hydrogen-bond acceptors (Lipinski definition) is 3. The van der Waals surface area contributed by atoms with Crippen molar-refractivity contribution in [3.05, 3.63) is 70.6 Å². The van der Waals surface area contributed by atoms with Crippen LogP contribution in [0.5, 0.6) is 0 Å². The second-order valence-electron chi connectivity index (χ2n) is 4.60. The fraction of sp³-hybridized carbons (Fsp3) is 0.188. The number of sulfonamides is 1. The van der Waals surface area contributed by atoms with E-state index in [-0.39, 0.29) is 6.54 Å². The fourth-order valence-corrected chi connectivity index (χ4v) is 4.01. The molecule has 3 nitrogen and oxygen atoms in total. The van der Waals surface area contributed by atoms with Gasteiger partial charge in [-0.3, -0.25) is 0 Å². The van der Waals surface area contributed by atoms with Crippen LogP contribution >= 0.6 is 11.3 Å². The third kappa shape index (κ3) is 3.93. The second kappa shape index (κ2) is 6.87. The van der Waals surface area contributed by atoms with E-state index >= 15 is 0 Å². The molecule has 0 spiro atoms. The summed E-state index contributed by atoms with van der Waals surface area (Å²) in [6, 6.07) is 10.7. The number of nitrogens with zero attached hydrogens (tertiary/aromatic N) is 1. The van der Waals surface area contributed by atoms with E-state index in [2.05, 4.69) is 12.3 Å². The van der Waals surface area contributed by atoms with Crippen LogP contribution in [0.4, 0.5) is 0 Å². The standard InChI is InChI=1S/C16H17NO2S2/c1-3-4-11-17(13-15-6-5-12-20-15)21(18,19)16-9-7-14(2)8-10-16/h4-10,12H,1,11,13H2,2H3. The quantitative estimate of drug-likeness (QED) is 0.763. The maximum Gasteiger partial charge on any atom is 0.243 e. The first-order valence-electron chi connectivity index (χ1n) is 6.47. The molecule has 0 bridgehead atoms. The molecule has 0 aliphatic rings. The number of aryl methyl sites for hydroxylation is 1. The molecule has 0 saturated carbocycles. The van der Waals surface area contributed by atoms with Crippen molar-refractivity contribution in [2.24, 2.45) is 0 Å². The lowest BCUT2D eigenvalue weighted by Crippen LogP contribution is -2.30. The Bertz CT molecular complexity index is 725. The van der Waals surface area contributed by atoms with Crippen LogP contribution in [-0.2, 0) is 16.6 Å². The summed E-state index contributed by atoms with van der Waals surface area (Å²) in [7, 11) is -3.53. The molecule has 0 aliphatic heterocycles. The van der Waals surface area contributed by atoms with Crippen LogP contribution in [0, 0.1) is 6.92 Å². The van der Waals surface area contributed by atoms with Crippen LogP contribution in [0.2, 0.25) is 0 Å². The van der Waals surface area contributed by atoms with E-state index in [9.17, 15) is 8.42 Å². The first-order chi connectivity index (χ1) is 10.0. The molecule has 0 atom stereocenters. The molecule has 21 heavy (non-hydrogen) atoms. The van der Waals surface area contributed by atoms with Gasteiger partial charge < -0.3 is 0 Å². The lowest BCUT2D eigenvalue weighted by molar-refractivity contribution is 0.441. The largest absolute Gasteiger partial charge is 0.243 e. The summed E-state index contributed by atoms with van der Waals surface area (Å²) in [6.07, 6.45) is 1.62. The monoisotopic (exact) mass is 319 g/mol. The van der Waals surface area contributed by atoms with E-state index in [4.69, 9.17) is 0 Å². The van der Waals surface area contributed by atoms with E-state index in [0.29, 0.717) is 11.4 Å².